The van der Waals surface area contributed by atoms with Gasteiger partial charge in [-0.05, 0) is 76.0 Å². The van der Waals surface area contributed by atoms with Crippen molar-refractivity contribution in [3.8, 4) is 11.5 Å². The lowest BCUT2D eigenvalue weighted by Crippen LogP contribution is -2.47. The van der Waals surface area contributed by atoms with Gasteiger partial charge in [0.15, 0.2) is 0 Å². The molecule has 0 saturated carbocycles. The fourth-order valence-electron chi connectivity index (χ4n) is 5.57. The minimum absolute atomic E-state index is 0.0241. The molecule has 1 saturated heterocycles. The highest BCUT2D eigenvalue weighted by Gasteiger charge is 2.41. The van der Waals surface area contributed by atoms with Crippen molar-refractivity contribution in [3.05, 3.63) is 53.1 Å². The molecular formula is C30H42ClN3O3. The number of carbonyl (C=O) groups excluding carboxylic acids is 1. The van der Waals surface area contributed by atoms with Gasteiger partial charge >= 0.3 is 0 Å². The van der Waals surface area contributed by atoms with Crippen LogP contribution in [0.4, 0.5) is 5.69 Å². The molecule has 2 aliphatic rings. The highest BCUT2D eigenvalue weighted by molar-refractivity contribution is 6.32. The fourth-order valence-corrected chi connectivity index (χ4v) is 5.73. The van der Waals surface area contributed by atoms with E-state index in [9.17, 15) is 4.79 Å². The molecule has 2 heterocycles. The number of piperidine rings is 1. The van der Waals surface area contributed by atoms with Gasteiger partial charge in [-0.25, -0.2) is 0 Å². The number of nitrogens with zero attached hydrogens (tertiary/aromatic N) is 3. The first-order chi connectivity index (χ1) is 17.8. The van der Waals surface area contributed by atoms with E-state index < -0.39 is 0 Å². The van der Waals surface area contributed by atoms with Crippen LogP contribution in [0.1, 0.15) is 51.0 Å². The van der Waals surface area contributed by atoms with Crippen LogP contribution in [-0.4, -0.2) is 75.2 Å². The Morgan fingerprint density at radius 2 is 1.84 bits per heavy atom. The zero-order chi connectivity index (χ0) is 26.5. The summed E-state index contributed by atoms with van der Waals surface area (Å²) >= 11 is 6.40. The molecule has 0 aliphatic carbocycles. The number of anilines is 1. The summed E-state index contributed by atoms with van der Waals surface area (Å²) in [4.78, 5) is 20.3. The standard InChI is InChI=1S/C30H42ClN3O3/c1-21(2)28(37-29-20-23(36-5)10-11-26(29)31)15-19-33-17-12-22(13-18-33)34-27-9-7-6-8-24(27)25(30(34)35)14-16-32(3)4/h6-11,20-22,25,28H,12-19H2,1-5H3. The number of carbonyl (C=O) groups is 1. The lowest BCUT2D eigenvalue weighted by atomic mass is 9.97. The molecule has 0 N–H and O–H groups in total. The van der Waals surface area contributed by atoms with Crippen molar-refractivity contribution >= 4 is 23.2 Å². The van der Waals surface area contributed by atoms with Crippen molar-refractivity contribution in [1.29, 1.82) is 0 Å². The summed E-state index contributed by atoms with van der Waals surface area (Å²) in [5.41, 5.74) is 2.32. The summed E-state index contributed by atoms with van der Waals surface area (Å²) in [6.45, 7) is 8.24. The van der Waals surface area contributed by atoms with E-state index in [2.05, 4.69) is 66.9 Å². The number of para-hydroxylation sites is 1. The molecule has 7 heteroatoms. The van der Waals surface area contributed by atoms with Crippen molar-refractivity contribution in [2.45, 2.75) is 57.6 Å². The second-order valence-corrected chi connectivity index (χ2v) is 11.4. The van der Waals surface area contributed by atoms with Gasteiger partial charge < -0.3 is 24.2 Å². The maximum absolute atomic E-state index is 13.6. The Morgan fingerprint density at radius 1 is 1.11 bits per heavy atom. The van der Waals surface area contributed by atoms with Crippen molar-refractivity contribution in [2.24, 2.45) is 5.92 Å². The number of likely N-dealkylation sites (tertiary alicyclic amines) is 1. The lowest BCUT2D eigenvalue weighted by molar-refractivity contribution is -0.120. The second-order valence-electron chi connectivity index (χ2n) is 11.0. The Bertz CT molecular complexity index is 1050. The summed E-state index contributed by atoms with van der Waals surface area (Å²) in [7, 11) is 5.78. The average molecular weight is 528 g/mol. The van der Waals surface area contributed by atoms with Crippen LogP contribution in [0, 0.1) is 5.92 Å². The topological polar surface area (TPSA) is 45.3 Å². The summed E-state index contributed by atoms with van der Waals surface area (Å²) in [6.07, 6.45) is 3.84. The van der Waals surface area contributed by atoms with Gasteiger partial charge in [0.2, 0.25) is 5.91 Å². The number of amides is 1. The summed E-state index contributed by atoms with van der Waals surface area (Å²) < 4.78 is 11.7. The predicted molar refractivity (Wildman–Crippen MR) is 151 cm³/mol. The Balaban J connectivity index is 1.34. The van der Waals surface area contributed by atoms with Gasteiger partial charge in [-0.2, -0.15) is 0 Å². The zero-order valence-electron chi connectivity index (χ0n) is 23.0. The molecule has 2 unspecified atom stereocenters. The largest absolute Gasteiger partial charge is 0.497 e. The molecule has 202 valence electrons. The van der Waals surface area contributed by atoms with E-state index in [1.54, 1.807) is 7.11 Å². The minimum Gasteiger partial charge on any atom is -0.497 e. The maximum atomic E-state index is 13.6. The van der Waals surface area contributed by atoms with Gasteiger partial charge in [0.05, 0.1) is 18.1 Å². The van der Waals surface area contributed by atoms with Crippen LogP contribution < -0.4 is 14.4 Å². The molecule has 2 atom stereocenters. The third-order valence-electron chi connectivity index (χ3n) is 7.78. The number of ether oxygens (including phenoxy) is 2. The third kappa shape index (κ3) is 6.60. The van der Waals surface area contributed by atoms with Gasteiger partial charge in [-0.3, -0.25) is 4.79 Å². The van der Waals surface area contributed by atoms with Gasteiger partial charge in [-0.15, -0.1) is 0 Å². The first-order valence-corrected chi connectivity index (χ1v) is 14.0. The number of rotatable bonds is 11. The van der Waals surface area contributed by atoms with Gasteiger partial charge in [0, 0.05) is 37.4 Å². The molecule has 37 heavy (non-hydrogen) atoms. The maximum Gasteiger partial charge on any atom is 0.234 e. The van der Waals surface area contributed by atoms with E-state index in [1.807, 2.05) is 18.2 Å². The molecule has 6 nitrogen and oxygen atoms in total. The highest BCUT2D eigenvalue weighted by Crippen LogP contribution is 2.42. The summed E-state index contributed by atoms with van der Waals surface area (Å²) in [5.74, 6) is 2.03. The van der Waals surface area contributed by atoms with E-state index in [0.29, 0.717) is 16.7 Å². The van der Waals surface area contributed by atoms with Gasteiger partial charge in [0.25, 0.3) is 0 Å². The Hall–Kier alpha value is -2.28. The molecule has 1 amide bonds. The van der Waals surface area contributed by atoms with Crippen LogP contribution in [-0.2, 0) is 4.79 Å². The average Bonchev–Trinajstić information content (AvgIpc) is 3.17. The van der Waals surface area contributed by atoms with Crippen LogP contribution in [0.2, 0.25) is 5.02 Å². The lowest BCUT2D eigenvalue weighted by Gasteiger charge is -2.38. The number of methoxy groups -OCH3 is 1. The van der Waals surface area contributed by atoms with E-state index in [1.165, 1.54) is 5.56 Å². The zero-order valence-corrected chi connectivity index (χ0v) is 23.7. The van der Waals surface area contributed by atoms with E-state index in [-0.39, 0.29) is 24.0 Å². The van der Waals surface area contributed by atoms with E-state index in [4.69, 9.17) is 21.1 Å². The summed E-state index contributed by atoms with van der Waals surface area (Å²) in [6, 6.07) is 14.2. The summed E-state index contributed by atoms with van der Waals surface area (Å²) in [5, 5.41) is 0.603. The molecule has 0 spiro atoms. The molecule has 2 aromatic rings. The highest BCUT2D eigenvalue weighted by atomic mass is 35.5. The minimum atomic E-state index is -0.0241. The van der Waals surface area contributed by atoms with E-state index in [0.717, 1.165) is 63.3 Å². The molecule has 0 bridgehead atoms. The first kappa shape index (κ1) is 27.7. The molecule has 1 fully saturated rings. The number of benzene rings is 2. The quantitative estimate of drug-likeness (QED) is 0.376. The molecule has 0 radical (unpaired) electrons. The van der Waals surface area contributed by atoms with Crippen molar-refractivity contribution in [2.75, 3.05) is 52.3 Å². The Kier molecular flexibility index (Phi) is 9.38. The third-order valence-corrected chi connectivity index (χ3v) is 8.10. The van der Waals surface area contributed by atoms with Crippen molar-refractivity contribution < 1.29 is 14.3 Å². The van der Waals surface area contributed by atoms with Crippen molar-refractivity contribution in [1.82, 2.24) is 9.80 Å². The van der Waals surface area contributed by atoms with Crippen LogP contribution in [0.5, 0.6) is 11.5 Å². The van der Waals surface area contributed by atoms with Crippen molar-refractivity contribution in [3.63, 3.8) is 0 Å². The predicted octanol–water partition coefficient (Wildman–Crippen LogP) is 5.69. The molecular weight excluding hydrogens is 486 g/mol. The number of fused-ring (bicyclic) bond motifs is 1. The smallest absolute Gasteiger partial charge is 0.234 e. The molecule has 2 aromatic carbocycles. The number of hydrogen-bond donors (Lipinski definition) is 0. The molecule has 0 aromatic heterocycles. The Labute approximate surface area is 227 Å². The fraction of sp³-hybridized carbons (Fsp3) is 0.567. The SMILES string of the molecule is COc1ccc(Cl)c(OC(CCN2CCC(N3C(=O)C(CCN(C)C)c4ccccc43)CC2)C(C)C)c1. The second kappa shape index (κ2) is 12.5. The monoisotopic (exact) mass is 527 g/mol. The Morgan fingerprint density at radius 3 is 2.51 bits per heavy atom. The molecule has 2 aliphatic heterocycles. The van der Waals surface area contributed by atoms with Crippen LogP contribution in [0.25, 0.3) is 0 Å². The van der Waals surface area contributed by atoms with Crippen LogP contribution in [0.3, 0.4) is 0 Å². The van der Waals surface area contributed by atoms with Crippen LogP contribution >= 0.6 is 11.6 Å². The normalized spacial score (nSPS) is 19.5. The van der Waals surface area contributed by atoms with E-state index >= 15 is 0 Å². The van der Waals surface area contributed by atoms with Crippen LogP contribution in [0.15, 0.2) is 42.5 Å². The number of halogens is 1. The first-order valence-electron chi connectivity index (χ1n) is 13.6. The number of hydrogen-bond acceptors (Lipinski definition) is 5. The molecule has 4 rings (SSSR count). The van der Waals surface area contributed by atoms with Gasteiger partial charge in [-0.1, -0.05) is 43.6 Å². The van der Waals surface area contributed by atoms with Gasteiger partial charge in [0.1, 0.15) is 17.6 Å².